The second-order valence-electron chi connectivity index (χ2n) is 3.85. The quantitative estimate of drug-likeness (QED) is 0.750. The monoisotopic (exact) mass is 251 g/mol. The van der Waals surface area contributed by atoms with Gasteiger partial charge in [0.05, 0.1) is 13.2 Å². The molecule has 18 heavy (non-hydrogen) atoms. The molecule has 0 unspecified atom stereocenters. The summed E-state index contributed by atoms with van der Waals surface area (Å²) in [6.45, 7) is 1.11. The van der Waals surface area contributed by atoms with Crippen molar-refractivity contribution in [3.63, 3.8) is 0 Å². The number of carboxylic acid groups (broad SMARTS) is 1. The lowest BCUT2D eigenvalue weighted by molar-refractivity contribution is -0.148. The van der Waals surface area contributed by atoms with Gasteiger partial charge in [-0.15, -0.1) is 0 Å². The molecule has 0 aromatic heterocycles. The number of carbonyl (C=O) groups excluding carboxylic acids is 1. The molecule has 1 heterocycles. The Morgan fingerprint density at radius 1 is 1.22 bits per heavy atom. The van der Waals surface area contributed by atoms with E-state index in [1.165, 1.54) is 7.05 Å². The summed E-state index contributed by atoms with van der Waals surface area (Å²) in [5.41, 5.74) is 0.451. The first-order valence-corrected chi connectivity index (χ1v) is 5.50. The number of rotatable bonds is 1. The van der Waals surface area contributed by atoms with Crippen molar-refractivity contribution in [2.24, 2.45) is 0 Å². The van der Waals surface area contributed by atoms with Crippen LogP contribution in [0.4, 0.5) is 5.69 Å². The fourth-order valence-corrected chi connectivity index (χ4v) is 1.62. The molecule has 1 aromatic carbocycles. The Kier molecular flexibility index (Phi) is 3.36. The maximum absolute atomic E-state index is 11.3. The summed E-state index contributed by atoms with van der Waals surface area (Å²) in [5, 5.41) is 8.65. The van der Waals surface area contributed by atoms with Gasteiger partial charge in [0.25, 0.3) is 0 Å². The Morgan fingerprint density at radius 3 is 2.56 bits per heavy atom. The van der Waals surface area contributed by atoms with Crippen molar-refractivity contribution in [3.8, 4) is 11.5 Å². The summed E-state index contributed by atoms with van der Waals surface area (Å²) in [5.74, 6) is -1.36. The van der Waals surface area contributed by atoms with Gasteiger partial charge in [0, 0.05) is 25.2 Å². The van der Waals surface area contributed by atoms with E-state index in [1.54, 1.807) is 18.2 Å². The predicted octanol–water partition coefficient (Wildman–Crippen LogP) is 0.895. The third-order valence-electron chi connectivity index (χ3n) is 2.61. The largest absolute Gasteiger partial charge is 0.490 e. The van der Waals surface area contributed by atoms with E-state index in [0.717, 1.165) is 11.3 Å². The van der Waals surface area contributed by atoms with Gasteiger partial charge in [-0.2, -0.15) is 0 Å². The molecule has 1 aromatic rings. The maximum Gasteiger partial charge on any atom is 0.394 e. The summed E-state index contributed by atoms with van der Waals surface area (Å²) in [6, 6.07) is 4.89. The first-order chi connectivity index (χ1) is 8.59. The van der Waals surface area contributed by atoms with Gasteiger partial charge in [-0.25, -0.2) is 4.79 Å². The number of anilines is 1. The molecule has 0 aliphatic carbocycles. The van der Waals surface area contributed by atoms with Crippen LogP contribution in [0.2, 0.25) is 0 Å². The minimum absolute atomic E-state index is 0.451. The molecule has 6 heteroatoms. The highest BCUT2D eigenvalue weighted by molar-refractivity contribution is 6.37. The highest BCUT2D eigenvalue weighted by Gasteiger charge is 2.20. The molecule has 96 valence electrons. The lowest BCUT2D eigenvalue weighted by Crippen LogP contribution is -2.32. The molecule has 0 spiro atoms. The standard InChI is InChI=1S/C12H13NO5/c1-13(11(14)12(15)16)8-3-4-9-10(7-8)18-6-2-5-17-9/h3-4,7H,2,5-6H2,1H3,(H,15,16). The number of likely N-dealkylation sites (N-methyl/N-ethyl adjacent to an activating group) is 1. The van der Waals surface area contributed by atoms with E-state index in [9.17, 15) is 9.59 Å². The third kappa shape index (κ3) is 2.37. The van der Waals surface area contributed by atoms with Gasteiger partial charge in [0.1, 0.15) is 0 Å². The molecule has 0 atom stereocenters. The van der Waals surface area contributed by atoms with E-state index in [0.29, 0.717) is 30.4 Å². The van der Waals surface area contributed by atoms with E-state index < -0.39 is 11.9 Å². The van der Waals surface area contributed by atoms with Crippen LogP contribution in [0.25, 0.3) is 0 Å². The van der Waals surface area contributed by atoms with Crippen LogP contribution in [0, 0.1) is 0 Å². The van der Waals surface area contributed by atoms with Crippen LogP contribution in [0.3, 0.4) is 0 Å². The highest BCUT2D eigenvalue weighted by atomic mass is 16.5. The summed E-state index contributed by atoms with van der Waals surface area (Å²) in [6.07, 6.45) is 0.786. The number of amides is 1. The molecule has 1 aliphatic heterocycles. The van der Waals surface area contributed by atoms with Gasteiger partial charge < -0.3 is 19.5 Å². The average molecular weight is 251 g/mol. The number of carboxylic acids is 1. The van der Waals surface area contributed by atoms with Crippen LogP contribution in [0.15, 0.2) is 18.2 Å². The van der Waals surface area contributed by atoms with Crippen molar-refractivity contribution < 1.29 is 24.2 Å². The highest BCUT2D eigenvalue weighted by Crippen LogP contribution is 2.33. The van der Waals surface area contributed by atoms with Gasteiger partial charge in [-0.05, 0) is 12.1 Å². The van der Waals surface area contributed by atoms with Crippen molar-refractivity contribution in [1.29, 1.82) is 0 Å². The molecule has 0 bridgehead atoms. The Labute approximate surface area is 104 Å². The number of carbonyl (C=O) groups is 2. The second-order valence-corrected chi connectivity index (χ2v) is 3.85. The van der Waals surface area contributed by atoms with Crippen molar-refractivity contribution in [2.45, 2.75) is 6.42 Å². The maximum atomic E-state index is 11.3. The molecule has 0 saturated heterocycles. The minimum Gasteiger partial charge on any atom is -0.490 e. The molecule has 1 amide bonds. The zero-order chi connectivity index (χ0) is 13.1. The topological polar surface area (TPSA) is 76.1 Å². The van der Waals surface area contributed by atoms with Gasteiger partial charge in [0.2, 0.25) is 0 Å². The third-order valence-corrected chi connectivity index (χ3v) is 2.61. The summed E-state index contributed by atoms with van der Waals surface area (Å²) < 4.78 is 10.9. The summed E-state index contributed by atoms with van der Waals surface area (Å²) in [4.78, 5) is 23.0. The van der Waals surface area contributed by atoms with Crippen molar-refractivity contribution >= 4 is 17.6 Å². The lowest BCUT2D eigenvalue weighted by Gasteiger charge is -2.16. The van der Waals surface area contributed by atoms with Gasteiger partial charge >= 0.3 is 11.9 Å². The summed E-state index contributed by atoms with van der Waals surface area (Å²) >= 11 is 0. The summed E-state index contributed by atoms with van der Waals surface area (Å²) in [7, 11) is 1.40. The molecule has 1 N–H and O–H groups in total. The fraction of sp³-hybridized carbons (Fsp3) is 0.333. The number of nitrogens with zero attached hydrogens (tertiary/aromatic N) is 1. The molecule has 1 aliphatic rings. The Balaban J connectivity index is 2.27. The van der Waals surface area contributed by atoms with Crippen LogP contribution >= 0.6 is 0 Å². The number of hydrogen-bond acceptors (Lipinski definition) is 4. The lowest BCUT2D eigenvalue weighted by atomic mass is 10.2. The number of aliphatic carboxylic acids is 1. The predicted molar refractivity (Wildman–Crippen MR) is 63.1 cm³/mol. The SMILES string of the molecule is CN(C(=O)C(=O)O)c1ccc2c(c1)OCCCO2. The second kappa shape index (κ2) is 4.95. The molecule has 2 rings (SSSR count). The Bertz CT molecular complexity index is 485. The van der Waals surface area contributed by atoms with E-state index in [2.05, 4.69) is 0 Å². The van der Waals surface area contributed by atoms with Crippen LogP contribution < -0.4 is 14.4 Å². The van der Waals surface area contributed by atoms with Crippen molar-refractivity contribution in [1.82, 2.24) is 0 Å². The normalized spacial score (nSPS) is 13.6. The average Bonchev–Trinajstić information content (AvgIpc) is 2.60. The Hall–Kier alpha value is -2.24. The zero-order valence-electron chi connectivity index (χ0n) is 9.88. The number of hydrogen-bond donors (Lipinski definition) is 1. The molecule has 0 saturated carbocycles. The van der Waals surface area contributed by atoms with E-state index in [1.807, 2.05) is 0 Å². The van der Waals surface area contributed by atoms with E-state index >= 15 is 0 Å². The molecule has 6 nitrogen and oxygen atoms in total. The van der Waals surface area contributed by atoms with Crippen LogP contribution in [-0.4, -0.2) is 37.2 Å². The minimum atomic E-state index is -1.50. The molecular weight excluding hydrogens is 238 g/mol. The van der Waals surface area contributed by atoms with Gasteiger partial charge in [-0.1, -0.05) is 0 Å². The smallest absolute Gasteiger partial charge is 0.394 e. The van der Waals surface area contributed by atoms with Crippen LogP contribution in [0.5, 0.6) is 11.5 Å². The number of benzene rings is 1. The number of fused-ring (bicyclic) bond motifs is 1. The fourth-order valence-electron chi connectivity index (χ4n) is 1.62. The first kappa shape index (κ1) is 12.2. The van der Waals surface area contributed by atoms with Crippen LogP contribution in [-0.2, 0) is 9.59 Å². The number of ether oxygens (including phenoxy) is 2. The van der Waals surface area contributed by atoms with E-state index in [-0.39, 0.29) is 0 Å². The van der Waals surface area contributed by atoms with Gasteiger partial charge in [-0.3, -0.25) is 4.79 Å². The van der Waals surface area contributed by atoms with Gasteiger partial charge in [0.15, 0.2) is 11.5 Å². The molecular formula is C12H13NO5. The molecule has 0 radical (unpaired) electrons. The first-order valence-electron chi connectivity index (χ1n) is 5.50. The molecule has 0 fully saturated rings. The Morgan fingerprint density at radius 2 is 1.89 bits per heavy atom. The van der Waals surface area contributed by atoms with Crippen molar-refractivity contribution in [3.05, 3.63) is 18.2 Å². The van der Waals surface area contributed by atoms with E-state index in [4.69, 9.17) is 14.6 Å². The van der Waals surface area contributed by atoms with Crippen molar-refractivity contribution in [2.75, 3.05) is 25.2 Å². The van der Waals surface area contributed by atoms with Crippen LogP contribution in [0.1, 0.15) is 6.42 Å². The zero-order valence-corrected chi connectivity index (χ0v) is 9.88.